The molecule has 1 aromatic rings. The normalized spacial score (nSPS) is 14.3. The molecule has 110 valence electrons. The van der Waals surface area contributed by atoms with E-state index in [1.807, 2.05) is 0 Å². The second-order valence-electron chi connectivity index (χ2n) is 3.99. The molecule has 0 amide bonds. The zero-order valence-electron chi connectivity index (χ0n) is 10.8. The van der Waals surface area contributed by atoms with Crippen LogP contribution in [0.2, 0.25) is 0 Å². The Hall–Kier alpha value is -1.13. The molecular weight excluding hydrogens is 274 g/mol. The molecular formula is C10H19N3O5S. The molecule has 0 saturated heterocycles. The Morgan fingerprint density at radius 1 is 1.53 bits per heavy atom. The van der Waals surface area contributed by atoms with E-state index in [9.17, 15) is 18.7 Å². The van der Waals surface area contributed by atoms with Crippen LogP contribution in [0.1, 0.15) is 6.42 Å². The van der Waals surface area contributed by atoms with Crippen molar-refractivity contribution in [2.24, 2.45) is 0 Å². The number of methoxy groups -OCH3 is 1. The average molecular weight is 293 g/mol. The number of aryl methyl sites for hydroxylation is 1. The van der Waals surface area contributed by atoms with Crippen molar-refractivity contribution < 1.29 is 13.8 Å². The van der Waals surface area contributed by atoms with E-state index in [-0.39, 0.29) is 5.75 Å². The van der Waals surface area contributed by atoms with Crippen LogP contribution in [-0.2, 0) is 11.3 Å². The summed E-state index contributed by atoms with van der Waals surface area (Å²) in [7, 11) is 0.0444. The van der Waals surface area contributed by atoms with Gasteiger partial charge in [0.15, 0.2) is 0 Å². The number of nitrogens with zero attached hydrogens (tertiary/aromatic N) is 1. The third kappa shape index (κ3) is 5.17. The number of rotatable bonds is 7. The molecule has 1 unspecified atom stereocenters. The van der Waals surface area contributed by atoms with Gasteiger partial charge in [-0.25, -0.2) is 9.52 Å². The molecule has 0 bridgehead atoms. The molecule has 0 spiro atoms. The van der Waals surface area contributed by atoms with Gasteiger partial charge in [0, 0.05) is 33.0 Å². The van der Waals surface area contributed by atoms with Gasteiger partial charge in [0.05, 0.1) is 11.9 Å². The zero-order chi connectivity index (χ0) is 14.5. The van der Waals surface area contributed by atoms with E-state index in [4.69, 9.17) is 4.74 Å². The van der Waals surface area contributed by atoms with E-state index in [0.717, 1.165) is 0 Å². The van der Waals surface area contributed by atoms with Crippen LogP contribution in [0.5, 0.6) is 0 Å². The quantitative estimate of drug-likeness (QED) is 0.554. The molecule has 0 aliphatic heterocycles. The molecule has 1 heterocycles. The van der Waals surface area contributed by atoms with Gasteiger partial charge in [-0.15, -0.1) is 10.8 Å². The number of aromatic amines is 1. The molecule has 0 aromatic carbocycles. The van der Waals surface area contributed by atoms with Crippen LogP contribution in [0.25, 0.3) is 0 Å². The standard InChI is InChI=1S/C10H19N3O5S/c1-11-19(16,17)7-8(18-2)3-5-13-6-4-9(14)12-10(13)15/h4,6,8,11,16-17H,3,5,7H2,1-2H3,(H,12,14,15). The molecule has 0 aliphatic carbocycles. The van der Waals surface area contributed by atoms with Crippen LogP contribution < -0.4 is 16.0 Å². The highest BCUT2D eigenvalue weighted by Gasteiger charge is 2.18. The first kappa shape index (κ1) is 15.9. The van der Waals surface area contributed by atoms with E-state index in [1.54, 1.807) is 0 Å². The smallest absolute Gasteiger partial charge is 0.328 e. The van der Waals surface area contributed by atoms with Crippen molar-refractivity contribution in [3.63, 3.8) is 0 Å². The van der Waals surface area contributed by atoms with Crippen molar-refractivity contribution in [1.29, 1.82) is 0 Å². The summed E-state index contributed by atoms with van der Waals surface area (Å²) < 4.78 is 28.0. The summed E-state index contributed by atoms with van der Waals surface area (Å²) >= 11 is 0. The van der Waals surface area contributed by atoms with Gasteiger partial charge in [-0.05, 0) is 6.42 Å². The lowest BCUT2D eigenvalue weighted by Gasteiger charge is -2.34. The Morgan fingerprint density at radius 3 is 2.74 bits per heavy atom. The Morgan fingerprint density at radius 2 is 2.21 bits per heavy atom. The number of nitrogens with one attached hydrogen (secondary N) is 2. The fraction of sp³-hybridized carbons (Fsp3) is 0.600. The summed E-state index contributed by atoms with van der Waals surface area (Å²) in [4.78, 5) is 24.5. The third-order valence-corrected chi connectivity index (χ3v) is 4.16. The summed E-state index contributed by atoms with van der Waals surface area (Å²) in [5.41, 5.74) is -0.948. The van der Waals surface area contributed by atoms with Crippen LogP contribution in [-0.4, -0.2) is 44.7 Å². The SMILES string of the molecule is CNS(O)(O)CC(CCn1ccc(=O)[nH]c1=O)OC. The minimum Gasteiger partial charge on any atom is -0.380 e. The molecule has 0 aliphatic rings. The summed E-state index contributed by atoms with van der Waals surface area (Å²) in [5, 5.41) is 0. The summed E-state index contributed by atoms with van der Waals surface area (Å²) in [6.45, 7) is 0.313. The Kier molecular flexibility index (Phi) is 5.76. The highest BCUT2D eigenvalue weighted by molar-refractivity contribution is 8.22. The predicted molar refractivity (Wildman–Crippen MR) is 73.5 cm³/mol. The predicted octanol–water partition coefficient (Wildman–Crippen LogP) is -0.173. The second-order valence-corrected chi connectivity index (χ2v) is 6.06. The maximum atomic E-state index is 11.4. The molecule has 9 heteroatoms. The summed E-state index contributed by atoms with van der Waals surface area (Å²) in [5.74, 6) is 0.0398. The Labute approximate surface area is 111 Å². The van der Waals surface area contributed by atoms with Gasteiger partial charge in [-0.3, -0.25) is 18.9 Å². The maximum Gasteiger partial charge on any atom is 0.328 e. The highest BCUT2D eigenvalue weighted by atomic mass is 32.3. The van der Waals surface area contributed by atoms with Gasteiger partial charge in [-0.2, -0.15) is 0 Å². The number of aromatic nitrogens is 2. The van der Waals surface area contributed by atoms with Crippen molar-refractivity contribution >= 4 is 10.8 Å². The largest absolute Gasteiger partial charge is 0.380 e. The van der Waals surface area contributed by atoms with E-state index < -0.39 is 28.1 Å². The summed E-state index contributed by atoms with van der Waals surface area (Å²) in [6, 6.07) is 1.25. The molecule has 0 saturated carbocycles. The fourth-order valence-electron chi connectivity index (χ4n) is 1.52. The van der Waals surface area contributed by atoms with Gasteiger partial charge < -0.3 is 9.30 Å². The van der Waals surface area contributed by atoms with Crippen LogP contribution in [0.4, 0.5) is 0 Å². The van der Waals surface area contributed by atoms with E-state index in [0.29, 0.717) is 13.0 Å². The van der Waals surface area contributed by atoms with Crippen LogP contribution in [0.3, 0.4) is 0 Å². The van der Waals surface area contributed by atoms with Crippen molar-refractivity contribution in [3.05, 3.63) is 33.1 Å². The van der Waals surface area contributed by atoms with Crippen molar-refractivity contribution in [3.8, 4) is 0 Å². The van der Waals surface area contributed by atoms with Gasteiger partial charge in [-0.1, -0.05) is 0 Å². The van der Waals surface area contributed by atoms with Crippen molar-refractivity contribution in [1.82, 2.24) is 14.3 Å². The van der Waals surface area contributed by atoms with E-state index in [2.05, 4.69) is 9.71 Å². The minimum atomic E-state index is -2.87. The highest BCUT2D eigenvalue weighted by Crippen LogP contribution is 2.34. The monoisotopic (exact) mass is 293 g/mol. The lowest BCUT2D eigenvalue weighted by Crippen LogP contribution is -2.32. The van der Waals surface area contributed by atoms with Crippen molar-refractivity contribution in [2.45, 2.75) is 19.1 Å². The van der Waals surface area contributed by atoms with Gasteiger partial charge in [0.2, 0.25) is 0 Å². The van der Waals surface area contributed by atoms with Crippen LogP contribution in [0.15, 0.2) is 21.9 Å². The third-order valence-electron chi connectivity index (χ3n) is 2.67. The first-order valence-corrected chi connectivity index (χ1v) is 7.36. The van der Waals surface area contributed by atoms with Crippen LogP contribution >= 0.6 is 10.8 Å². The molecule has 4 N–H and O–H groups in total. The fourth-order valence-corrected chi connectivity index (χ4v) is 2.50. The van der Waals surface area contributed by atoms with Gasteiger partial charge in [0.1, 0.15) is 0 Å². The van der Waals surface area contributed by atoms with Crippen LogP contribution in [0, 0.1) is 0 Å². The molecule has 1 atom stereocenters. The lowest BCUT2D eigenvalue weighted by atomic mass is 10.3. The molecule has 1 aromatic heterocycles. The average Bonchev–Trinajstić information content (AvgIpc) is 2.36. The number of hydrogen-bond donors (Lipinski definition) is 4. The maximum absolute atomic E-state index is 11.4. The molecule has 0 fully saturated rings. The number of H-pyrrole nitrogens is 1. The van der Waals surface area contributed by atoms with Gasteiger partial charge in [0.25, 0.3) is 5.56 Å². The van der Waals surface area contributed by atoms with E-state index >= 15 is 0 Å². The van der Waals surface area contributed by atoms with Crippen molar-refractivity contribution in [2.75, 3.05) is 19.9 Å². The number of ether oxygens (including phenoxy) is 1. The molecule has 1 rings (SSSR count). The lowest BCUT2D eigenvalue weighted by molar-refractivity contribution is 0.107. The minimum absolute atomic E-state index is 0.0398. The second kappa shape index (κ2) is 6.87. The Balaban J connectivity index is 2.63. The van der Waals surface area contributed by atoms with Gasteiger partial charge >= 0.3 is 5.69 Å². The first-order chi connectivity index (χ1) is 8.88. The molecule has 19 heavy (non-hydrogen) atoms. The Bertz CT molecular complexity index is 512. The number of hydrogen-bond acceptors (Lipinski definition) is 6. The molecule has 8 nitrogen and oxygen atoms in total. The first-order valence-electron chi connectivity index (χ1n) is 5.65. The topological polar surface area (TPSA) is 117 Å². The molecule has 0 radical (unpaired) electrons. The van der Waals surface area contributed by atoms with E-state index in [1.165, 1.54) is 31.0 Å². The summed E-state index contributed by atoms with van der Waals surface area (Å²) in [6.07, 6.45) is 1.40. The zero-order valence-corrected chi connectivity index (χ0v) is 11.6.